The largest absolute Gasteiger partial charge is 0.361 e. The zero-order valence-corrected chi connectivity index (χ0v) is 13.2. The molecular formula is C18H20N4O. The maximum Gasteiger partial charge on any atom is 0.254 e. The molecule has 0 radical (unpaired) electrons. The first kappa shape index (κ1) is 14.1. The molecule has 3 aromatic rings. The normalized spacial score (nSPS) is 18.5. The van der Waals surface area contributed by atoms with Crippen LogP contribution in [0.25, 0.3) is 10.9 Å². The molecule has 1 aliphatic heterocycles. The van der Waals surface area contributed by atoms with Gasteiger partial charge in [-0.2, -0.15) is 0 Å². The van der Waals surface area contributed by atoms with Crippen LogP contribution in [-0.4, -0.2) is 38.4 Å². The summed E-state index contributed by atoms with van der Waals surface area (Å²) < 4.78 is 2.19. The van der Waals surface area contributed by atoms with Gasteiger partial charge in [-0.1, -0.05) is 6.07 Å². The molecule has 1 aliphatic rings. The molecular weight excluding hydrogens is 288 g/mol. The van der Waals surface area contributed by atoms with Crippen LogP contribution < -0.4 is 0 Å². The van der Waals surface area contributed by atoms with Gasteiger partial charge in [-0.05, 0) is 43.4 Å². The number of amides is 1. The number of carbonyl (C=O) groups is 1. The third-order valence-electron chi connectivity index (χ3n) is 4.74. The Balaban J connectivity index is 1.56. The van der Waals surface area contributed by atoms with E-state index in [1.165, 1.54) is 0 Å². The van der Waals surface area contributed by atoms with E-state index >= 15 is 0 Å². The predicted octanol–water partition coefficient (Wildman–Crippen LogP) is 3.15. The molecule has 1 atom stereocenters. The van der Waals surface area contributed by atoms with Gasteiger partial charge in [0.1, 0.15) is 5.82 Å². The lowest BCUT2D eigenvalue weighted by atomic mass is 10.0. The van der Waals surface area contributed by atoms with Crippen LogP contribution in [0.3, 0.4) is 0 Å². The number of likely N-dealkylation sites (tertiary alicyclic amines) is 1. The first-order chi connectivity index (χ1) is 11.2. The molecule has 4 rings (SSSR count). The standard InChI is InChI=1S/C18H20N4O/c1-13-19-8-10-22(13)16-3-2-9-21(12-16)18(23)15-5-4-14-6-7-20-17(14)11-15/h4-8,10-11,16,20H,2-3,9,12H2,1H3/t16-/m1/s1. The number of hydrogen-bond acceptors (Lipinski definition) is 2. The van der Waals surface area contributed by atoms with Crippen LogP contribution in [0.1, 0.15) is 35.1 Å². The number of nitrogens with zero attached hydrogens (tertiary/aromatic N) is 3. The second kappa shape index (κ2) is 5.57. The maximum atomic E-state index is 12.9. The number of H-pyrrole nitrogens is 1. The highest BCUT2D eigenvalue weighted by molar-refractivity contribution is 5.98. The molecule has 5 heteroatoms. The summed E-state index contributed by atoms with van der Waals surface area (Å²) >= 11 is 0. The molecule has 0 aliphatic carbocycles. The summed E-state index contributed by atoms with van der Waals surface area (Å²) in [4.78, 5) is 22.3. The quantitative estimate of drug-likeness (QED) is 0.790. The summed E-state index contributed by atoms with van der Waals surface area (Å²) in [7, 11) is 0. The van der Waals surface area contributed by atoms with E-state index in [1.807, 2.05) is 54.7 Å². The molecule has 1 fully saturated rings. The number of hydrogen-bond donors (Lipinski definition) is 1. The molecule has 1 N–H and O–H groups in total. The number of carbonyl (C=O) groups excluding carboxylic acids is 1. The number of aryl methyl sites for hydroxylation is 1. The van der Waals surface area contributed by atoms with Gasteiger partial charge >= 0.3 is 0 Å². The Morgan fingerprint density at radius 1 is 1.35 bits per heavy atom. The Morgan fingerprint density at radius 3 is 3.09 bits per heavy atom. The Kier molecular flexibility index (Phi) is 3.41. The van der Waals surface area contributed by atoms with Crippen LogP contribution in [0.15, 0.2) is 42.9 Å². The zero-order valence-electron chi connectivity index (χ0n) is 13.2. The van der Waals surface area contributed by atoms with Crippen molar-refractivity contribution in [1.29, 1.82) is 0 Å². The molecule has 5 nitrogen and oxygen atoms in total. The van der Waals surface area contributed by atoms with Crippen molar-refractivity contribution >= 4 is 16.8 Å². The van der Waals surface area contributed by atoms with Gasteiger partial charge in [0.2, 0.25) is 0 Å². The van der Waals surface area contributed by atoms with E-state index in [9.17, 15) is 4.79 Å². The Labute approximate surface area is 134 Å². The van der Waals surface area contributed by atoms with Gasteiger partial charge in [0, 0.05) is 42.8 Å². The Morgan fingerprint density at radius 2 is 2.26 bits per heavy atom. The second-order valence-corrected chi connectivity index (χ2v) is 6.21. The minimum absolute atomic E-state index is 0.115. The van der Waals surface area contributed by atoms with Crippen molar-refractivity contribution in [3.63, 3.8) is 0 Å². The number of imidazole rings is 1. The van der Waals surface area contributed by atoms with Gasteiger partial charge in [-0.3, -0.25) is 4.79 Å². The van der Waals surface area contributed by atoms with Crippen LogP contribution in [0.2, 0.25) is 0 Å². The molecule has 1 amide bonds. The average molecular weight is 308 g/mol. The smallest absolute Gasteiger partial charge is 0.254 e. The monoisotopic (exact) mass is 308 g/mol. The number of rotatable bonds is 2. The number of nitrogens with one attached hydrogen (secondary N) is 1. The minimum Gasteiger partial charge on any atom is -0.361 e. The van der Waals surface area contributed by atoms with Crippen molar-refractivity contribution in [3.05, 3.63) is 54.2 Å². The zero-order chi connectivity index (χ0) is 15.8. The highest BCUT2D eigenvalue weighted by atomic mass is 16.2. The first-order valence-corrected chi connectivity index (χ1v) is 8.08. The van der Waals surface area contributed by atoms with Crippen LogP contribution in [0.4, 0.5) is 0 Å². The summed E-state index contributed by atoms with van der Waals surface area (Å²) in [5.74, 6) is 1.13. The van der Waals surface area contributed by atoms with Crippen LogP contribution in [0.5, 0.6) is 0 Å². The molecule has 1 aromatic carbocycles. The molecule has 3 heterocycles. The summed E-state index contributed by atoms with van der Waals surface area (Å²) in [6.07, 6.45) is 7.86. The average Bonchev–Trinajstić information content (AvgIpc) is 3.22. The molecule has 0 spiro atoms. The van der Waals surface area contributed by atoms with Crippen LogP contribution >= 0.6 is 0 Å². The number of aromatic nitrogens is 3. The van der Waals surface area contributed by atoms with E-state index in [0.29, 0.717) is 6.04 Å². The summed E-state index contributed by atoms with van der Waals surface area (Å²) in [6, 6.07) is 8.21. The number of benzene rings is 1. The molecule has 1 saturated heterocycles. The van der Waals surface area contributed by atoms with Crippen molar-refractivity contribution in [2.24, 2.45) is 0 Å². The van der Waals surface area contributed by atoms with E-state index in [2.05, 4.69) is 14.5 Å². The third-order valence-corrected chi connectivity index (χ3v) is 4.74. The van der Waals surface area contributed by atoms with E-state index in [-0.39, 0.29) is 5.91 Å². The van der Waals surface area contributed by atoms with Crippen LogP contribution in [-0.2, 0) is 0 Å². The molecule has 0 unspecified atom stereocenters. The molecule has 0 bridgehead atoms. The summed E-state index contributed by atoms with van der Waals surface area (Å²) in [5, 5.41) is 1.13. The van der Waals surface area contributed by atoms with Crippen LogP contribution in [0, 0.1) is 6.92 Å². The van der Waals surface area contributed by atoms with Gasteiger partial charge in [0.05, 0.1) is 6.04 Å². The van der Waals surface area contributed by atoms with Crippen molar-refractivity contribution in [3.8, 4) is 0 Å². The highest BCUT2D eigenvalue weighted by Crippen LogP contribution is 2.24. The van der Waals surface area contributed by atoms with E-state index in [0.717, 1.165) is 48.2 Å². The van der Waals surface area contributed by atoms with Gasteiger partial charge < -0.3 is 14.5 Å². The lowest BCUT2D eigenvalue weighted by Crippen LogP contribution is -2.40. The minimum atomic E-state index is 0.115. The fourth-order valence-corrected chi connectivity index (χ4v) is 3.50. The van der Waals surface area contributed by atoms with Gasteiger partial charge in [0.25, 0.3) is 5.91 Å². The topological polar surface area (TPSA) is 53.9 Å². The van der Waals surface area contributed by atoms with E-state index in [1.54, 1.807) is 0 Å². The lowest BCUT2D eigenvalue weighted by Gasteiger charge is -2.34. The van der Waals surface area contributed by atoms with Crippen molar-refractivity contribution in [1.82, 2.24) is 19.4 Å². The van der Waals surface area contributed by atoms with Gasteiger partial charge in [0.15, 0.2) is 0 Å². The van der Waals surface area contributed by atoms with Gasteiger partial charge in [-0.25, -0.2) is 4.98 Å². The predicted molar refractivity (Wildman–Crippen MR) is 89.4 cm³/mol. The fourth-order valence-electron chi connectivity index (χ4n) is 3.50. The molecule has 0 saturated carbocycles. The molecule has 2 aromatic heterocycles. The Hall–Kier alpha value is -2.56. The lowest BCUT2D eigenvalue weighted by molar-refractivity contribution is 0.0678. The summed E-state index contributed by atoms with van der Waals surface area (Å²) in [6.45, 7) is 3.59. The van der Waals surface area contributed by atoms with Crippen molar-refractivity contribution < 1.29 is 4.79 Å². The SMILES string of the molecule is Cc1nccn1[C@@H]1CCCN(C(=O)c2ccc3cc[nH]c3c2)C1. The fraction of sp³-hybridized carbons (Fsp3) is 0.333. The van der Waals surface area contributed by atoms with E-state index in [4.69, 9.17) is 0 Å². The van der Waals surface area contributed by atoms with Crippen molar-refractivity contribution in [2.45, 2.75) is 25.8 Å². The first-order valence-electron chi connectivity index (χ1n) is 8.08. The van der Waals surface area contributed by atoms with E-state index < -0.39 is 0 Å². The molecule has 23 heavy (non-hydrogen) atoms. The summed E-state index contributed by atoms with van der Waals surface area (Å²) in [5.41, 5.74) is 1.76. The number of piperidine rings is 1. The number of aromatic amines is 1. The maximum absolute atomic E-state index is 12.9. The van der Waals surface area contributed by atoms with Crippen molar-refractivity contribution in [2.75, 3.05) is 13.1 Å². The second-order valence-electron chi connectivity index (χ2n) is 6.21. The highest BCUT2D eigenvalue weighted by Gasteiger charge is 2.26. The number of fused-ring (bicyclic) bond motifs is 1. The Bertz CT molecular complexity index is 847. The third kappa shape index (κ3) is 2.52. The molecule has 118 valence electrons. The van der Waals surface area contributed by atoms with Gasteiger partial charge in [-0.15, -0.1) is 0 Å².